The van der Waals surface area contributed by atoms with E-state index in [1.54, 1.807) is 10.6 Å². The van der Waals surface area contributed by atoms with Gasteiger partial charge in [-0.25, -0.2) is 4.98 Å². The van der Waals surface area contributed by atoms with Gasteiger partial charge < -0.3 is 9.67 Å². The number of aldehydes is 1. The number of carboxylic acid groups (broad SMARTS) is 1. The molecule has 0 aliphatic rings. The third kappa shape index (κ3) is 1.79. The van der Waals surface area contributed by atoms with Crippen molar-refractivity contribution in [3.8, 4) is 0 Å². The quantitative estimate of drug-likeness (QED) is 0.785. The van der Waals surface area contributed by atoms with E-state index in [2.05, 4.69) is 4.98 Å². The molecule has 1 heterocycles. The highest BCUT2D eigenvalue weighted by Crippen LogP contribution is 2.15. The van der Waals surface area contributed by atoms with Crippen molar-refractivity contribution >= 4 is 23.3 Å². The Bertz CT molecular complexity index is 545. The predicted octanol–water partition coefficient (Wildman–Crippen LogP) is 1.32. The highest BCUT2D eigenvalue weighted by atomic mass is 16.4. The number of rotatable bonds is 4. The molecule has 0 fully saturated rings. The van der Waals surface area contributed by atoms with Crippen molar-refractivity contribution in [2.24, 2.45) is 0 Å². The minimum atomic E-state index is -0.894. The fraction of sp³-hybridized carbons (Fsp3) is 0.182. The molecule has 0 aliphatic heterocycles. The van der Waals surface area contributed by atoms with Crippen molar-refractivity contribution in [2.75, 3.05) is 0 Å². The molecule has 0 saturated carbocycles. The molecule has 82 valence electrons. The molecule has 0 atom stereocenters. The van der Waals surface area contributed by atoms with E-state index in [1.165, 1.54) is 0 Å². The minimum Gasteiger partial charge on any atom is -0.481 e. The van der Waals surface area contributed by atoms with Crippen LogP contribution in [0.4, 0.5) is 0 Å². The maximum absolute atomic E-state index is 10.8. The van der Waals surface area contributed by atoms with Crippen LogP contribution in [0.25, 0.3) is 11.0 Å². The zero-order valence-electron chi connectivity index (χ0n) is 8.46. The second kappa shape index (κ2) is 4.14. The van der Waals surface area contributed by atoms with E-state index in [4.69, 9.17) is 5.11 Å². The fourth-order valence-corrected chi connectivity index (χ4v) is 1.63. The summed E-state index contributed by atoms with van der Waals surface area (Å²) in [6.07, 6.45) is 0.614. The van der Waals surface area contributed by atoms with E-state index in [-0.39, 0.29) is 18.8 Å². The van der Waals surface area contributed by atoms with Crippen molar-refractivity contribution < 1.29 is 14.7 Å². The SMILES string of the molecule is O=Cc1nc2ccccc2n1CCC(=O)O. The Hall–Kier alpha value is -2.17. The predicted molar refractivity (Wildman–Crippen MR) is 57.4 cm³/mol. The summed E-state index contributed by atoms with van der Waals surface area (Å²) in [5.74, 6) is -0.628. The van der Waals surface area contributed by atoms with Crippen LogP contribution in [0.15, 0.2) is 24.3 Å². The van der Waals surface area contributed by atoms with Crippen LogP contribution >= 0.6 is 0 Å². The zero-order valence-corrected chi connectivity index (χ0v) is 8.46. The van der Waals surface area contributed by atoms with Gasteiger partial charge >= 0.3 is 5.97 Å². The highest BCUT2D eigenvalue weighted by molar-refractivity contribution is 5.83. The number of nitrogens with zero attached hydrogens (tertiary/aromatic N) is 2. The lowest BCUT2D eigenvalue weighted by molar-refractivity contribution is -0.137. The third-order valence-corrected chi connectivity index (χ3v) is 2.34. The van der Waals surface area contributed by atoms with E-state index >= 15 is 0 Å². The summed E-state index contributed by atoms with van der Waals surface area (Å²) in [6.45, 7) is 0.254. The molecular weight excluding hydrogens is 208 g/mol. The largest absolute Gasteiger partial charge is 0.481 e. The van der Waals surface area contributed by atoms with Crippen LogP contribution in [0.5, 0.6) is 0 Å². The highest BCUT2D eigenvalue weighted by Gasteiger charge is 2.10. The van der Waals surface area contributed by atoms with Crippen LogP contribution in [-0.2, 0) is 11.3 Å². The summed E-state index contributed by atoms with van der Waals surface area (Å²) >= 11 is 0. The summed E-state index contributed by atoms with van der Waals surface area (Å²) in [5, 5.41) is 8.63. The number of hydrogen-bond donors (Lipinski definition) is 1. The molecule has 16 heavy (non-hydrogen) atoms. The first kappa shape index (κ1) is 10.4. The van der Waals surface area contributed by atoms with Crippen molar-refractivity contribution in [3.63, 3.8) is 0 Å². The number of imidazole rings is 1. The molecule has 2 rings (SSSR count). The number of benzene rings is 1. The molecule has 1 N–H and O–H groups in total. The number of aromatic nitrogens is 2. The van der Waals surface area contributed by atoms with Crippen LogP contribution < -0.4 is 0 Å². The van der Waals surface area contributed by atoms with Crippen molar-refractivity contribution in [2.45, 2.75) is 13.0 Å². The fourth-order valence-electron chi connectivity index (χ4n) is 1.63. The molecule has 5 nitrogen and oxygen atoms in total. The summed E-state index contributed by atoms with van der Waals surface area (Å²) < 4.78 is 1.62. The van der Waals surface area contributed by atoms with Gasteiger partial charge in [-0.3, -0.25) is 9.59 Å². The molecule has 2 aromatic rings. The lowest BCUT2D eigenvalue weighted by Crippen LogP contribution is -2.07. The van der Waals surface area contributed by atoms with Gasteiger partial charge in [0, 0.05) is 6.54 Å². The van der Waals surface area contributed by atoms with E-state index < -0.39 is 5.97 Å². The van der Waals surface area contributed by atoms with Crippen molar-refractivity contribution in [1.82, 2.24) is 9.55 Å². The van der Waals surface area contributed by atoms with E-state index in [1.807, 2.05) is 18.2 Å². The summed E-state index contributed by atoms with van der Waals surface area (Å²) in [6, 6.07) is 7.26. The standard InChI is InChI=1S/C11H10N2O3/c14-7-10-12-8-3-1-2-4-9(8)13(10)6-5-11(15)16/h1-4,7H,5-6H2,(H,15,16). The maximum atomic E-state index is 10.8. The first-order chi connectivity index (χ1) is 7.72. The van der Waals surface area contributed by atoms with Crippen LogP contribution in [0.1, 0.15) is 17.0 Å². The van der Waals surface area contributed by atoms with Crippen LogP contribution in [-0.4, -0.2) is 26.9 Å². The van der Waals surface area contributed by atoms with E-state index in [0.717, 1.165) is 5.52 Å². The minimum absolute atomic E-state index is 0.0266. The number of fused-ring (bicyclic) bond motifs is 1. The Morgan fingerprint density at radius 2 is 2.19 bits per heavy atom. The monoisotopic (exact) mass is 218 g/mol. The van der Waals surface area contributed by atoms with Gasteiger partial charge in [0.1, 0.15) is 0 Å². The molecule has 1 aromatic carbocycles. The molecule has 0 radical (unpaired) electrons. The second-order valence-electron chi connectivity index (χ2n) is 3.37. The summed E-state index contributed by atoms with van der Waals surface area (Å²) in [5.41, 5.74) is 1.49. The van der Waals surface area contributed by atoms with Gasteiger partial charge in [-0.15, -0.1) is 0 Å². The lowest BCUT2D eigenvalue weighted by atomic mass is 10.3. The molecule has 0 unspecified atom stereocenters. The molecule has 0 amide bonds. The number of aryl methyl sites for hydroxylation is 1. The van der Waals surface area contributed by atoms with Gasteiger partial charge in [0.25, 0.3) is 0 Å². The van der Waals surface area contributed by atoms with Crippen molar-refractivity contribution in [3.05, 3.63) is 30.1 Å². The third-order valence-electron chi connectivity index (χ3n) is 2.34. The van der Waals surface area contributed by atoms with E-state index in [0.29, 0.717) is 11.8 Å². The Kier molecular flexibility index (Phi) is 2.68. The normalized spacial score (nSPS) is 10.5. The van der Waals surface area contributed by atoms with Gasteiger partial charge in [0.05, 0.1) is 17.5 Å². The smallest absolute Gasteiger partial charge is 0.305 e. The Balaban J connectivity index is 2.47. The van der Waals surface area contributed by atoms with E-state index in [9.17, 15) is 9.59 Å². The summed E-state index contributed by atoms with van der Waals surface area (Å²) in [4.78, 5) is 25.4. The zero-order chi connectivity index (χ0) is 11.5. The second-order valence-corrected chi connectivity index (χ2v) is 3.37. The van der Waals surface area contributed by atoms with Gasteiger partial charge in [-0.2, -0.15) is 0 Å². The van der Waals surface area contributed by atoms with Gasteiger partial charge in [-0.1, -0.05) is 12.1 Å². The molecule has 0 saturated heterocycles. The molecule has 0 bridgehead atoms. The molecule has 0 aliphatic carbocycles. The Morgan fingerprint density at radius 3 is 2.88 bits per heavy atom. The lowest BCUT2D eigenvalue weighted by Gasteiger charge is -2.03. The van der Waals surface area contributed by atoms with Crippen molar-refractivity contribution in [1.29, 1.82) is 0 Å². The maximum Gasteiger partial charge on any atom is 0.305 e. The average molecular weight is 218 g/mol. The summed E-state index contributed by atoms with van der Waals surface area (Å²) in [7, 11) is 0. The number of carbonyl (C=O) groups excluding carboxylic acids is 1. The Morgan fingerprint density at radius 1 is 1.44 bits per heavy atom. The van der Waals surface area contributed by atoms with Crippen LogP contribution in [0.2, 0.25) is 0 Å². The number of para-hydroxylation sites is 2. The first-order valence-corrected chi connectivity index (χ1v) is 4.84. The average Bonchev–Trinajstić information content (AvgIpc) is 2.64. The number of hydrogen-bond acceptors (Lipinski definition) is 3. The topological polar surface area (TPSA) is 72.2 Å². The number of carbonyl (C=O) groups is 2. The number of aliphatic carboxylic acids is 1. The Labute approximate surface area is 91.3 Å². The molecule has 1 aromatic heterocycles. The van der Waals surface area contributed by atoms with Crippen LogP contribution in [0, 0.1) is 0 Å². The first-order valence-electron chi connectivity index (χ1n) is 4.84. The molecule has 5 heteroatoms. The molecule has 0 spiro atoms. The van der Waals surface area contributed by atoms with Gasteiger partial charge in [-0.05, 0) is 12.1 Å². The van der Waals surface area contributed by atoms with Crippen LogP contribution in [0.3, 0.4) is 0 Å². The molecular formula is C11H10N2O3. The number of carboxylic acids is 1. The van der Waals surface area contributed by atoms with Gasteiger partial charge in [0.2, 0.25) is 0 Å². The van der Waals surface area contributed by atoms with Gasteiger partial charge in [0.15, 0.2) is 12.1 Å².